The Balaban J connectivity index is 2.25. The third-order valence-corrected chi connectivity index (χ3v) is 2.66. The molecule has 0 bridgehead atoms. The predicted molar refractivity (Wildman–Crippen MR) is 72.1 cm³/mol. The van der Waals surface area contributed by atoms with Crippen LogP contribution in [-0.2, 0) is 14.3 Å². The quantitative estimate of drug-likeness (QED) is 0.670. The molecule has 1 heterocycles. The molecule has 0 radical (unpaired) electrons. The van der Waals surface area contributed by atoms with Crippen molar-refractivity contribution in [2.75, 3.05) is 6.61 Å². The number of aryl methyl sites for hydroxylation is 1. The molecule has 1 amide bonds. The summed E-state index contributed by atoms with van der Waals surface area (Å²) in [6, 6.07) is 8.33. The van der Waals surface area contributed by atoms with Gasteiger partial charge in [0.05, 0.1) is 6.61 Å². The van der Waals surface area contributed by atoms with E-state index in [2.05, 4.69) is 20.3 Å². The van der Waals surface area contributed by atoms with Crippen molar-refractivity contribution >= 4 is 11.9 Å². The molecule has 1 N–H and O–H groups in total. The number of amides is 1. The number of hydrogen-bond donors (Lipinski definition) is 1. The van der Waals surface area contributed by atoms with E-state index in [0.29, 0.717) is 5.89 Å². The molecule has 1 aromatic heterocycles. The summed E-state index contributed by atoms with van der Waals surface area (Å²) in [5, 5.41) is 10.2. The van der Waals surface area contributed by atoms with Gasteiger partial charge in [-0.1, -0.05) is 30.3 Å². The molecule has 1 unspecified atom stereocenters. The van der Waals surface area contributed by atoms with E-state index in [4.69, 9.17) is 4.42 Å². The second-order valence-corrected chi connectivity index (χ2v) is 4.20. The number of aromatic nitrogens is 2. The van der Waals surface area contributed by atoms with Crippen molar-refractivity contribution in [1.29, 1.82) is 0 Å². The van der Waals surface area contributed by atoms with Gasteiger partial charge in [-0.15, -0.1) is 10.2 Å². The summed E-state index contributed by atoms with van der Waals surface area (Å²) in [5.41, 5.74) is 0.721. The first-order chi connectivity index (χ1) is 10.1. The zero-order chi connectivity index (χ0) is 15.2. The van der Waals surface area contributed by atoms with Crippen LogP contribution in [0.15, 0.2) is 34.7 Å². The number of nitrogens with zero attached hydrogens (tertiary/aromatic N) is 2. The van der Waals surface area contributed by atoms with Crippen molar-refractivity contribution in [3.8, 4) is 0 Å². The van der Waals surface area contributed by atoms with Crippen LogP contribution in [0.5, 0.6) is 0 Å². The van der Waals surface area contributed by atoms with Crippen LogP contribution in [0.3, 0.4) is 0 Å². The molecule has 0 aliphatic carbocycles. The van der Waals surface area contributed by atoms with Crippen LogP contribution >= 0.6 is 0 Å². The van der Waals surface area contributed by atoms with Crippen molar-refractivity contribution in [3.63, 3.8) is 0 Å². The Morgan fingerprint density at radius 2 is 2.00 bits per heavy atom. The highest BCUT2D eigenvalue weighted by Gasteiger charge is 2.26. The number of nitrogens with one attached hydrogen (secondary N) is 1. The first-order valence-corrected chi connectivity index (χ1v) is 6.44. The predicted octanol–water partition coefficient (Wildman–Crippen LogP) is 1.15. The maximum absolute atomic E-state index is 11.8. The second-order valence-electron chi connectivity index (χ2n) is 4.20. The summed E-state index contributed by atoms with van der Waals surface area (Å²) in [6.07, 6.45) is 0. The molecule has 0 fully saturated rings. The highest BCUT2D eigenvalue weighted by atomic mass is 16.5. The third-order valence-electron chi connectivity index (χ3n) is 2.66. The van der Waals surface area contributed by atoms with E-state index in [9.17, 15) is 9.59 Å². The van der Waals surface area contributed by atoms with Gasteiger partial charge < -0.3 is 14.5 Å². The summed E-state index contributed by atoms with van der Waals surface area (Å²) in [4.78, 5) is 23.3. The van der Waals surface area contributed by atoms with E-state index in [1.807, 2.05) is 18.2 Å². The SMILES string of the molecule is CCOC(=O)C(=O)NC(c1ccccc1)c1nnc(C)o1. The van der Waals surface area contributed by atoms with E-state index in [1.54, 1.807) is 26.0 Å². The number of ether oxygens (including phenoxy) is 1. The largest absolute Gasteiger partial charge is 0.459 e. The Bertz CT molecular complexity index is 624. The van der Waals surface area contributed by atoms with Gasteiger partial charge in [-0.3, -0.25) is 4.79 Å². The van der Waals surface area contributed by atoms with Gasteiger partial charge in [-0.2, -0.15) is 0 Å². The van der Waals surface area contributed by atoms with Gasteiger partial charge >= 0.3 is 11.9 Å². The lowest BCUT2D eigenvalue weighted by Gasteiger charge is -2.14. The average molecular weight is 289 g/mol. The number of benzene rings is 1. The summed E-state index contributed by atoms with van der Waals surface area (Å²) < 4.78 is 10.0. The molecule has 2 rings (SSSR count). The summed E-state index contributed by atoms with van der Waals surface area (Å²) in [6.45, 7) is 3.40. The van der Waals surface area contributed by atoms with Gasteiger partial charge in [0, 0.05) is 6.92 Å². The van der Waals surface area contributed by atoms with Crippen LogP contribution in [0.1, 0.15) is 30.3 Å². The molecule has 0 aliphatic heterocycles. The normalized spacial score (nSPS) is 11.7. The van der Waals surface area contributed by atoms with Crippen molar-refractivity contribution in [2.45, 2.75) is 19.9 Å². The summed E-state index contributed by atoms with van der Waals surface area (Å²) in [5.74, 6) is -1.23. The minimum absolute atomic E-state index is 0.127. The second kappa shape index (κ2) is 6.65. The van der Waals surface area contributed by atoms with Crippen LogP contribution in [-0.4, -0.2) is 28.7 Å². The van der Waals surface area contributed by atoms with Gasteiger partial charge in [0.1, 0.15) is 6.04 Å². The molecular formula is C14H15N3O4. The smallest absolute Gasteiger partial charge is 0.396 e. The van der Waals surface area contributed by atoms with Crippen molar-refractivity contribution in [2.24, 2.45) is 0 Å². The molecule has 21 heavy (non-hydrogen) atoms. The highest BCUT2D eigenvalue weighted by Crippen LogP contribution is 2.20. The van der Waals surface area contributed by atoms with Crippen LogP contribution in [0, 0.1) is 6.92 Å². The molecule has 7 nitrogen and oxygen atoms in total. The van der Waals surface area contributed by atoms with Gasteiger partial charge in [-0.05, 0) is 12.5 Å². The van der Waals surface area contributed by atoms with Crippen molar-refractivity contribution in [1.82, 2.24) is 15.5 Å². The van der Waals surface area contributed by atoms with Crippen LogP contribution in [0.2, 0.25) is 0 Å². The third kappa shape index (κ3) is 3.65. The molecule has 0 saturated heterocycles. The van der Waals surface area contributed by atoms with E-state index >= 15 is 0 Å². The maximum atomic E-state index is 11.8. The zero-order valence-corrected chi connectivity index (χ0v) is 11.7. The molecule has 0 spiro atoms. The zero-order valence-electron chi connectivity index (χ0n) is 11.7. The number of carbonyl (C=O) groups excluding carboxylic acids is 2. The Kier molecular flexibility index (Phi) is 4.65. The van der Waals surface area contributed by atoms with Gasteiger partial charge in [0.15, 0.2) is 0 Å². The molecule has 1 atom stereocenters. The summed E-state index contributed by atoms with van der Waals surface area (Å²) >= 11 is 0. The van der Waals surface area contributed by atoms with Crippen LogP contribution in [0.4, 0.5) is 0 Å². The Morgan fingerprint density at radius 1 is 1.29 bits per heavy atom. The molecule has 0 aliphatic rings. The average Bonchev–Trinajstić information content (AvgIpc) is 2.92. The van der Waals surface area contributed by atoms with E-state index in [0.717, 1.165) is 5.56 Å². The van der Waals surface area contributed by atoms with Gasteiger partial charge in [-0.25, -0.2) is 4.79 Å². The topological polar surface area (TPSA) is 94.3 Å². The number of hydrogen-bond acceptors (Lipinski definition) is 6. The lowest BCUT2D eigenvalue weighted by atomic mass is 10.1. The fraction of sp³-hybridized carbons (Fsp3) is 0.286. The Labute approximate surface area is 121 Å². The fourth-order valence-corrected chi connectivity index (χ4v) is 1.75. The van der Waals surface area contributed by atoms with Crippen molar-refractivity contribution < 1.29 is 18.7 Å². The van der Waals surface area contributed by atoms with E-state index in [-0.39, 0.29) is 12.5 Å². The first-order valence-electron chi connectivity index (χ1n) is 6.44. The maximum Gasteiger partial charge on any atom is 0.396 e. The molecule has 0 saturated carbocycles. The number of rotatable bonds is 4. The van der Waals surface area contributed by atoms with E-state index < -0.39 is 17.9 Å². The Hall–Kier alpha value is -2.70. The van der Waals surface area contributed by atoms with E-state index in [1.165, 1.54) is 0 Å². The minimum atomic E-state index is -0.949. The molecule has 7 heteroatoms. The van der Waals surface area contributed by atoms with Crippen LogP contribution in [0.25, 0.3) is 0 Å². The van der Waals surface area contributed by atoms with Crippen LogP contribution < -0.4 is 5.32 Å². The first kappa shape index (κ1) is 14.7. The molecule has 1 aromatic carbocycles. The lowest BCUT2D eigenvalue weighted by Crippen LogP contribution is -2.36. The lowest BCUT2D eigenvalue weighted by molar-refractivity contribution is -0.154. The van der Waals surface area contributed by atoms with Gasteiger partial charge in [0.25, 0.3) is 0 Å². The molecule has 2 aromatic rings. The Morgan fingerprint density at radius 3 is 2.57 bits per heavy atom. The number of carbonyl (C=O) groups is 2. The fourth-order valence-electron chi connectivity index (χ4n) is 1.75. The monoisotopic (exact) mass is 289 g/mol. The van der Waals surface area contributed by atoms with Crippen molar-refractivity contribution in [3.05, 3.63) is 47.7 Å². The molecule has 110 valence electrons. The molecular weight excluding hydrogens is 274 g/mol. The van der Waals surface area contributed by atoms with Gasteiger partial charge in [0.2, 0.25) is 11.8 Å². The number of esters is 1. The standard InChI is InChI=1S/C14H15N3O4/c1-3-20-14(19)12(18)15-11(10-7-5-4-6-8-10)13-17-16-9(2)21-13/h4-8,11H,3H2,1-2H3,(H,15,18). The minimum Gasteiger partial charge on any atom is -0.459 e. The summed E-state index contributed by atoms with van der Waals surface area (Å²) in [7, 11) is 0. The highest BCUT2D eigenvalue weighted by molar-refractivity contribution is 6.32.